The number of furan rings is 1. The number of fused-ring (bicyclic) bond motifs is 9. The molecule has 4 nitrogen and oxygen atoms in total. The Hall–Kier alpha value is -7.34. The van der Waals surface area contributed by atoms with E-state index >= 15 is 0 Å². The molecule has 0 saturated carbocycles. The number of nitrogens with zero attached hydrogens (tertiary/aromatic N) is 3. The molecule has 0 aliphatic heterocycles. The third-order valence-corrected chi connectivity index (χ3v) is 12.4. The smallest absolute Gasteiger partial charge is 0.161 e. The van der Waals surface area contributed by atoms with Crippen molar-refractivity contribution in [1.82, 2.24) is 14.5 Å². The molecule has 4 aromatic heterocycles. The van der Waals surface area contributed by atoms with Crippen LogP contribution in [0, 0.1) is 0 Å². The molecule has 0 amide bonds. The van der Waals surface area contributed by atoms with Gasteiger partial charge in [0.1, 0.15) is 11.2 Å². The molecule has 0 aliphatic carbocycles. The summed E-state index contributed by atoms with van der Waals surface area (Å²) in [6.07, 6.45) is 0. The fourth-order valence-corrected chi connectivity index (χ4v) is 9.70. The second-order valence-corrected chi connectivity index (χ2v) is 15.6. The van der Waals surface area contributed by atoms with E-state index < -0.39 is 0 Å². The Morgan fingerprint density at radius 3 is 1.86 bits per heavy atom. The Balaban J connectivity index is 1.14. The van der Waals surface area contributed by atoms with E-state index in [4.69, 9.17) is 14.4 Å². The van der Waals surface area contributed by atoms with Crippen LogP contribution in [-0.4, -0.2) is 14.5 Å². The van der Waals surface area contributed by atoms with Gasteiger partial charge in [-0.1, -0.05) is 133 Å². The van der Waals surface area contributed by atoms with Gasteiger partial charge in [-0.2, -0.15) is 0 Å². The lowest BCUT2D eigenvalue weighted by molar-refractivity contribution is 0.670. The zero-order valence-corrected chi connectivity index (χ0v) is 31.4. The summed E-state index contributed by atoms with van der Waals surface area (Å²) in [6.45, 7) is 0. The van der Waals surface area contributed by atoms with Crippen LogP contribution in [0.1, 0.15) is 0 Å². The highest BCUT2D eigenvalue weighted by atomic mass is 32.1. The van der Waals surface area contributed by atoms with Crippen LogP contribution in [0.5, 0.6) is 0 Å². The Bertz CT molecular complexity index is 3470. The molecule has 0 radical (unpaired) electrons. The van der Waals surface area contributed by atoms with Gasteiger partial charge in [0, 0.05) is 69.7 Å². The van der Waals surface area contributed by atoms with Crippen molar-refractivity contribution in [2.75, 3.05) is 0 Å². The standard InChI is InChI=1S/C52H31N3OS/c1-3-14-32(15-4-1)43-31-44(33-16-5-2-6-17-33)54-52(53-43)39-21-13-23-46-50(39)38-20-7-10-22-45(38)55(46)35-29-40(51-42(30-35)36-18-8-11-24-47(36)56-51)34-26-27-49-41(28-34)37-19-9-12-25-48(37)57-49/h1-31H. The topological polar surface area (TPSA) is 43.9 Å². The number of rotatable bonds is 5. The van der Waals surface area contributed by atoms with Crippen LogP contribution in [0.15, 0.2) is 192 Å². The van der Waals surface area contributed by atoms with E-state index in [0.717, 1.165) is 88.6 Å². The van der Waals surface area contributed by atoms with Crippen LogP contribution >= 0.6 is 11.3 Å². The maximum Gasteiger partial charge on any atom is 0.161 e. The Morgan fingerprint density at radius 1 is 0.421 bits per heavy atom. The first-order chi connectivity index (χ1) is 28.2. The lowest BCUT2D eigenvalue weighted by Crippen LogP contribution is -1.97. The number of thiophene rings is 1. The number of para-hydroxylation sites is 2. The van der Waals surface area contributed by atoms with Crippen molar-refractivity contribution in [2.24, 2.45) is 0 Å². The average molecular weight is 746 g/mol. The van der Waals surface area contributed by atoms with Gasteiger partial charge in [-0.25, -0.2) is 9.97 Å². The first kappa shape index (κ1) is 32.0. The maximum absolute atomic E-state index is 6.72. The highest BCUT2D eigenvalue weighted by Gasteiger charge is 2.22. The van der Waals surface area contributed by atoms with E-state index in [1.807, 2.05) is 29.5 Å². The highest BCUT2D eigenvalue weighted by molar-refractivity contribution is 7.25. The Morgan fingerprint density at radius 2 is 1.07 bits per heavy atom. The predicted octanol–water partition coefficient (Wildman–Crippen LogP) is 14.5. The molecule has 0 aliphatic rings. The Labute approximate surface area is 331 Å². The highest BCUT2D eigenvalue weighted by Crippen LogP contribution is 2.44. The molecule has 57 heavy (non-hydrogen) atoms. The minimum atomic E-state index is 0.692. The quantitative estimate of drug-likeness (QED) is 0.176. The zero-order valence-electron chi connectivity index (χ0n) is 30.6. The lowest BCUT2D eigenvalue weighted by Gasteiger charge is -2.13. The summed E-state index contributed by atoms with van der Waals surface area (Å²) in [5, 5.41) is 6.97. The molecule has 8 aromatic carbocycles. The molecule has 12 aromatic rings. The van der Waals surface area contributed by atoms with E-state index in [-0.39, 0.29) is 0 Å². The van der Waals surface area contributed by atoms with E-state index in [1.54, 1.807) is 0 Å². The summed E-state index contributed by atoms with van der Waals surface area (Å²) in [6, 6.07) is 66.5. The molecule has 0 atom stereocenters. The SMILES string of the molecule is c1ccc(-c2cc(-c3ccccc3)nc(-c3cccc4c3c3ccccc3n4-c3cc(-c4ccc5sc6ccccc6c5c4)c4oc5ccccc5c4c3)n2)cc1. The van der Waals surface area contributed by atoms with Gasteiger partial charge in [0.05, 0.1) is 22.4 Å². The normalized spacial score (nSPS) is 11.9. The van der Waals surface area contributed by atoms with Gasteiger partial charge in [0.2, 0.25) is 0 Å². The van der Waals surface area contributed by atoms with E-state index in [9.17, 15) is 0 Å². The van der Waals surface area contributed by atoms with Crippen LogP contribution in [0.2, 0.25) is 0 Å². The molecule has 12 rings (SSSR count). The van der Waals surface area contributed by atoms with E-state index in [0.29, 0.717) is 5.82 Å². The summed E-state index contributed by atoms with van der Waals surface area (Å²) < 4.78 is 11.7. The second kappa shape index (κ2) is 12.6. The van der Waals surface area contributed by atoms with Gasteiger partial charge in [-0.3, -0.25) is 0 Å². The van der Waals surface area contributed by atoms with Gasteiger partial charge in [0.15, 0.2) is 5.82 Å². The molecule has 0 fully saturated rings. The molecular formula is C52H31N3OS. The van der Waals surface area contributed by atoms with Crippen LogP contribution < -0.4 is 0 Å². The van der Waals surface area contributed by atoms with Crippen LogP contribution in [0.25, 0.3) is 115 Å². The molecular weight excluding hydrogens is 715 g/mol. The van der Waals surface area contributed by atoms with Crippen molar-refractivity contribution in [3.05, 3.63) is 188 Å². The monoisotopic (exact) mass is 745 g/mol. The van der Waals surface area contributed by atoms with Crippen molar-refractivity contribution in [3.8, 4) is 50.7 Å². The van der Waals surface area contributed by atoms with Crippen molar-refractivity contribution >= 4 is 75.3 Å². The summed E-state index contributed by atoms with van der Waals surface area (Å²) in [5.41, 5.74) is 12.1. The summed E-state index contributed by atoms with van der Waals surface area (Å²) in [5.74, 6) is 0.692. The number of aromatic nitrogens is 3. The maximum atomic E-state index is 6.72. The summed E-state index contributed by atoms with van der Waals surface area (Å²) in [7, 11) is 0. The van der Waals surface area contributed by atoms with Gasteiger partial charge < -0.3 is 8.98 Å². The minimum Gasteiger partial charge on any atom is -0.455 e. The molecule has 0 unspecified atom stereocenters. The third kappa shape index (κ3) is 5.06. The average Bonchev–Trinajstić information content (AvgIpc) is 3.96. The molecule has 0 bridgehead atoms. The second-order valence-electron chi connectivity index (χ2n) is 14.5. The van der Waals surface area contributed by atoms with Crippen LogP contribution in [-0.2, 0) is 0 Å². The van der Waals surface area contributed by atoms with Crippen molar-refractivity contribution < 1.29 is 4.42 Å². The number of benzene rings is 8. The summed E-state index contributed by atoms with van der Waals surface area (Å²) >= 11 is 1.84. The van der Waals surface area contributed by atoms with E-state index in [2.05, 4.69) is 174 Å². The number of hydrogen-bond acceptors (Lipinski definition) is 4. The fraction of sp³-hybridized carbons (Fsp3) is 0. The predicted molar refractivity (Wildman–Crippen MR) is 238 cm³/mol. The first-order valence-corrected chi connectivity index (χ1v) is 20.0. The van der Waals surface area contributed by atoms with Gasteiger partial charge in [0.25, 0.3) is 0 Å². The van der Waals surface area contributed by atoms with Crippen LogP contribution in [0.3, 0.4) is 0 Å². The minimum absolute atomic E-state index is 0.692. The molecule has 4 heterocycles. The molecule has 0 N–H and O–H groups in total. The first-order valence-electron chi connectivity index (χ1n) is 19.1. The zero-order chi connectivity index (χ0) is 37.5. The van der Waals surface area contributed by atoms with Crippen molar-refractivity contribution in [1.29, 1.82) is 0 Å². The van der Waals surface area contributed by atoms with Crippen molar-refractivity contribution in [3.63, 3.8) is 0 Å². The van der Waals surface area contributed by atoms with Gasteiger partial charge in [-0.15, -0.1) is 11.3 Å². The molecule has 0 saturated heterocycles. The van der Waals surface area contributed by atoms with Crippen LogP contribution in [0.4, 0.5) is 0 Å². The fourth-order valence-electron chi connectivity index (χ4n) is 8.61. The van der Waals surface area contributed by atoms with E-state index in [1.165, 1.54) is 20.2 Å². The van der Waals surface area contributed by atoms with Gasteiger partial charge >= 0.3 is 0 Å². The lowest BCUT2D eigenvalue weighted by atomic mass is 9.99. The third-order valence-electron chi connectivity index (χ3n) is 11.2. The Kier molecular flexibility index (Phi) is 7.06. The molecule has 266 valence electrons. The molecule has 0 spiro atoms. The summed E-state index contributed by atoms with van der Waals surface area (Å²) in [4.78, 5) is 10.5. The molecule has 5 heteroatoms. The van der Waals surface area contributed by atoms with Gasteiger partial charge in [-0.05, 0) is 60.2 Å². The van der Waals surface area contributed by atoms with Crippen molar-refractivity contribution in [2.45, 2.75) is 0 Å². The largest absolute Gasteiger partial charge is 0.455 e. The number of hydrogen-bond donors (Lipinski definition) is 0.